The van der Waals surface area contributed by atoms with Crippen molar-refractivity contribution in [3.63, 3.8) is 0 Å². The molecule has 0 unspecified atom stereocenters. The third-order valence-corrected chi connectivity index (χ3v) is 5.56. The fraction of sp³-hybridized carbons (Fsp3) is 0.150. The third kappa shape index (κ3) is 3.62. The summed E-state index contributed by atoms with van der Waals surface area (Å²) in [5.74, 6) is -2.06. The Balaban J connectivity index is 1.77. The molecule has 0 aliphatic heterocycles. The molecule has 0 fully saturated rings. The molecule has 1 aromatic carbocycles. The number of halogens is 2. The SMILES string of the molecule is CC(C)(O)c1cc(F)c(-c2cc(C(N)=O)c(Nc3ccc4nccn4n3)s2)c(F)c1. The van der Waals surface area contributed by atoms with Crippen LogP contribution in [0.25, 0.3) is 16.1 Å². The molecule has 0 spiro atoms. The molecule has 0 aliphatic rings. The number of primary amides is 1. The van der Waals surface area contributed by atoms with Gasteiger partial charge in [0.1, 0.15) is 16.6 Å². The summed E-state index contributed by atoms with van der Waals surface area (Å²) in [6, 6.07) is 6.86. The van der Waals surface area contributed by atoms with Crippen molar-refractivity contribution in [2.75, 3.05) is 5.32 Å². The zero-order chi connectivity index (χ0) is 21.6. The van der Waals surface area contributed by atoms with E-state index in [1.807, 2.05) is 0 Å². The molecule has 4 rings (SSSR count). The Hall–Kier alpha value is -3.37. The predicted octanol–water partition coefficient (Wildman–Crippen LogP) is 3.81. The lowest BCUT2D eigenvalue weighted by atomic mass is 9.96. The molecule has 30 heavy (non-hydrogen) atoms. The molecule has 0 saturated heterocycles. The Kier molecular flexibility index (Phi) is 4.75. The molecule has 10 heteroatoms. The minimum Gasteiger partial charge on any atom is -0.386 e. The zero-order valence-corrected chi connectivity index (χ0v) is 16.8. The van der Waals surface area contributed by atoms with Gasteiger partial charge in [0, 0.05) is 17.3 Å². The summed E-state index contributed by atoms with van der Waals surface area (Å²) < 4.78 is 31.0. The van der Waals surface area contributed by atoms with Crippen LogP contribution in [0, 0.1) is 11.6 Å². The van der Waals surface area contributed by atoms with Crippen LogP contribution in [-0.2, 0) is 5.60 Å². The van der Waals surface area contributed by atoms with Gasteiger partial charge in [0.25, 0.3) is 5.91 Å². The largest absolute Gasteiger partial charge is 0.386 e. The molecule has 1 amide bonds. The van der Waals surface area contributed by atoms with Crippen LogP contribution in [0.15, 0.2) is 42.7 Å². The number of aromatic nitrogens is 3. The average Bonchev–Trinajstić information content (AvgIpc) is 3.27. The van der Waals surface area contributed by atoms with Gasteiger partial charge in [-0.2, -0.15) is 0 Å². The zero-order valence-electron chi connectivity index (χ0n) is 16.0. The van der Waals surface area contributed by atoms with Crippen molar-refractivity contribution < 1.29 is 18.7 Å². The summed E-state index contributed by atoms with van der Waals surface area (Å²) in [4.78, 5) is 16.2. The summed E-state index contributed by atoms with van der Waals surface area (Å²) in [5, 5.41) is 17.6. The van der Waals surface area contributed by atoms with Crippen molar-refractivity contribution >= 4 is 33.7 Å². The maximum absolute atomic E-state index is 14.7. The van der Waals surface area contributed by atoms with Gasteiger partial charge in [0.2, 0.25) is 0 Å². The normalized spacial score (nSPS) is 11.8. The second-order valence-corrected chi connectivity index (χ2v) is 8.22. The minimum absolute atomic E-state index is 0.0768. The van der Waals surface area contributed by atoms with E-state index in [2.05, 4.69) is 15.4 Å². The molecular formula is C20H17F2N5O2S. The minimum atomic E-state index is -1.40. The van der Waals surface area contributed by atoms with E-state index in [9.17, 15) is 18.7 Å². The summed E-state index contributed by atoms with van der Waals surface area (Å²) >= 11 is 0.966. The number of hydrogen-bond acceptors (Lipinski definition) is 6. The highest BCUT2D eigenvalue weighted by Crippen LogP contribution is 2.40. The lowest BCUT2D eigenvalue weighted by Crippen LogP contribution is -2.16. The van der Waals surface area contributed by atoms with Crippen molar-refractivity contribution in [3.8, 4) is 10.4 Å². The lowest BCUT2D eigenvalue weighted by molar-refractivity contribution is 0.0778. The van der Waals surface area contributed by atoms with E-state index in [1.165, 1.54) is 24.4 Å². The molecule has 0 radical (unpaired) electrons. The first kappa shape index (κ1) is 19.9. The highest BCUT2D eigenvalue weighted by atomic mass is 32.1. The van der Waals surface area contributed by atoms with Gasteiger partial charge < -0.3 is 16.2 Å². The number of benzene rings is 1. The monoisotopic (exact) mass is 429 g/mol. The quantitative estimate of drug-likeness (QED) is 0.447. The Labute approximate surface area is 173 Å². The van der Waals surface area contributed by atoms with Crippen molar-refractivity contribution in [2.45, 2.75) is 19.4 Å². The number of thiophene rings is 1. The van der Waals surface area contributed by atoms with E-state index in [-0.39, 0.29) is 21.6 Å². The first-order valence-electron chi connectivity index (χ1n) is 8.87. The number of fused-ring (bicyclic) bond motifs is 1. The Morgan fingerprint density at radius 1 is 1.23 bits per heavy atom. The van der Waals surface area contributed by atoms with Gasteiger partial charge in [-0.15, -0.1) is 16.4 Å². The van der Waals surface area contributed by atoms with Crippen molar-refractivity contribution in [3.05, 3.63) is 65.5 Å². The molecule has 0 atom stereocenters. The molecule has 0 saturated carbocycles. The Morgan fingerprint density at radius 2 is 1.93 bits per heavy atom. The Morgan fingerprint density at radius 3 is 2.57 bits per heavy atom. The first-order chi connectivity index (χ1) is 14.1. The number of carbonyl (C=O) groups excluding carboxylic acids is 1. The number of nitrogens with one attached hydrogen (secondary N) is 1. The van der Waals surface area contributed by atoms with Crippen LogP contribution in [0.5, 0.6) is 0 Å². The number of anilines is 2. The lowest BCUT2D eigenvalue weighted by Gasteiger charge is -2.18. The average molecular weight is 429 g/mol. The molecule has 3 aromatic heterocycles. The Bertz CT molecular complexity index is 1250. The van der Waals surface area contributed by atoms with E-state index in [0.29, 0.717) is 16.5 Å². The van der Waals surface area contributed by atoms with Gasteiger partial charge in [-0.3, -0.25) is 4.79 Å². The van der Waals surface area contributed by atoms with E-state index in [0.717, 1.165) is 23.5 Å². The summed E-state index contributed by atoms with van der Waals surface area (Å²) in [7, 11) is 0. The maximum Gasteiger partial charge on any atom is 0.251 e. The fourth-order valence-electron chi connectivity index (χ4n) is 2.95. The van der Waals surface area contributed by atoms with Gasteiger partial charge in [-0.05, 0) is 49.7 Å². The summed E-state index contributed by atoms with van der Waals surface area (Å²) in [6.07, 6.45) is 3.25. The van der Waals surface area contributed by atoms with E-state index in [4.69, 9.17) is 5.73 Å². The first-order valence-corrected chi connectivity index (χ1v) is 9.68. The van der Waals surface area contributed by atoms with Crippen LogP contribution >= 0.6 is 11.3 Å². The predicted molar refractivity (Wildman–Crippen MR) is 110 cm³/mol. The number of nitrogens with zero attached hydrogens (tertiary/aromatic N) is 3. The molecule has 0 bridgehead atoms. The number of nitrogens with two attached hydrogens (primary N) is 1. The van der Waals surface area contributed by atoms with Crippen LogP contribution in [-0.4, -0.2) is 25.6 Å². The van der Waals surface area contributed by atoms with Gasteiger partial charge in [-0.1, -0.05) is 0 Å². The molecule has 154 valence electrons. The van der Waals surface area contributed by atoms with Crippen LogP contribution in [0.1, 0.15) is 29.8 Å². The molecular weight excluding hydrogens is 412 g/mol. The van der Waals surface area contributed by atoms with Crippen LogP contribution < -0.4 is 11.1 Å². The van der Waals surface area contributed by atoms with Crippen molar-refractivity contribution in [2.24, 2.45) is 5.73 Å². The highest BCUT2D eigenvalue weighted by molar-refractivity contribution is 7.20. The second kappa shape index (κ2) is 7.15. The molecule has 7 nitrogen and oxygen atoms in total. The topological polar surface area (TPSA) is 106 Å². The van der Waals surface area contributed by atoms with Crippen molar-refractivity contribution in [1.29, 1.82) is 0 Å². The summed E-state index contributed by atoms with van der Waals surface area (Å²) in [5.41, 5.74) is 4.57. The number of rotatable bonds is 5. The molecule has 4 aromatic rings. The van der Waals surface area contributed by atoms with Gasteiger partial charge in [0.15, 0.2) is 11.5 Å². The van der Waals surface area contributed by atoms with Crippen LogP contribution in [0.4, 0.5) is 19.6 Å². The standard InChI is InChI=1S/C20H17F2N5O2S/c1-20(2,29)10-7-12(21)17(13(22)8-10)14-9-11(18(23)28)19(30-14)25-15-3-4-16-24-5-6-27(16)26-15/h3-9,29H,1-2H3,(H2,23,28)(H,25,26). The number of amides is 1. The van der Waals surface area contributed by atoms with E-state index in [1.54, 1.807) is 24.5 Å². The molecule has 3 heterocycles. The molecule has 4 N–H and O–H groups in total. The number of aliphatic hydroxyl groups is 1. The van der Waals surface area contributed by atoms with E-state index >= 15 is 0 Å². The summed E-state index contributed by atoms with van der Waals surface area (Å²) in [6.45, 7) is 2.87. The number of imidazole rings is 1. The fourth-order valence-corrected chi connectivity index (χ4v) is 4.07. The second-order valence-electron chi connectivity index (χ2n) is 7.17. The van der Waals surface area contributed by atoms with Crippen LogP contribution in [0.2, 0.25) is 0 Å². The van der Waals surface area contributed by atoms with Gasteiger partial charge in [-0.25, -0.2) is 18.3 Å². The molecule has 0 aliphatic carbocycles. The van der Waals surface area contributed by atoms with Crippen molar-refractivity contribution in [1.82, 2.24) is 14.6 Å². The number of hydrogen-bond donors (Lipinski definition) is 3. The highest BCUT2D eigenvalue weighted by Gasteiger charge is 2.24. The van der Waals surface area contributed by atoms with E-state index < -0.39 is 23.1 Å². The third-order valence-electron chi connectivity index (χ3n) is 4.49. The van der Waals surface area contributed by atoms with Gasteiger partial charge >= 0.3 is 0 Å². The smallest absolute Gasteiger partial charge is 0.251 e. The van der Waals surface area contributed by atoms with Crippen LogP contribution in [0.3, 0.4) is 0 Å². The van der Waals surface area contributed by atoms with Gasteiger partial charge in [0.05, 0.1) is 16.7 Å². The maximum atomic E-state index is 14.7. The number of carbonyl (C=O) groups is 1.